The minimum Gasteiger partial charge on any atom is -0.386 e. The van der Waals surface area contributed by atoms with Crippen LogP contribution in [0.1, 0.15) is 65.9 Å². The zero-order valence-electron chi connectivity index (χ0n) is 18.0. The molecular formula is C20H38B2N4. The molecule has 2 heterocycles. The van der Waals surface area contributed by atoms with Gasteiger partial charge in [0, 0.05) is 11.1 Å². The molecule has 2 N–H and O–H groups in total. The van der Waals surface area contributed by atoms with E-state index in [9.17, 15) is 0 Å². The Balaban J connectivity index is 0.000000758. The lowest BCUT2D eigenvalue weighted by Crippen LogP contribution is -2.77. The number of nitrogens with two attached hydrogens (primary N) is 1. The lowest BCUT2D eigenvalue weighted by Gasteiger charge is -2.53. The second-order valence-electron chi connectivity index (χ2n) is 8.38. The molecule has 0 bridgehead atoms. The molecule has 0 saturated carbocycles. The van der Waals surface area contributed by atoms with Crippen LogP contribution in [-0.4, -0.2) is 36.3 Å². The zero-order chi connectivity index (χ0) is 19.5. The summed E-state index contributed by atoms with van der Waals surface area (Å²) in [5.41, 5.74) is 2.79. The Morgan fingerprint density at radius 1 is 1.04 bits per heavy atom. The highest BCUT2D eigenvalue weighted by Gasteiger charge is 2.55. The van der Waals surface area contributed by atoms with E-state index in [0.717, 1.165) is 6.54 Å². The number of hydrazine groups is 1. The second-order valence-corrected chi connectivity index (χ2v) is 8.38. The summed E-state index contributed by atoms with van der Waals surface area (Å²) in [6.07, 6.45) is 5.24. The van der Waals surface area contributed by atoms with Crippen LogP contribution >= 0.6 is 0 Å². The molecule has 1 unspecified atom stereocenters. The van der Waals surface area contributed by atoms with E-state index in [2.05, 4.69) is 87.0 Å². The summed E-state index contributed by atoms with van der Waals surface area (Å²) in [6.45, 7) is 17.5. The molecular weight excluding hydrogens is 318 g/mol. The van der Waals surface area contributed by atoms with E-state index in [1.165, 1.54) is 36.9 Å². The van der Waals surface area contributed by atoms with Crippen molar-refractivity contribution in [1.82, 2.24) is 9.64 Å². The first-order valence-corrected chi connectivity index (χ1v) is 10.5. The van der Waals surface area contributed by atoms with Gasteiger partial charge >= 0.3 is 14.0 Å². The molecule has 1 aromatic carbocycles. The van der Waals surface area contributed by atoms with Gasteiger partial charge in [0.2, 0.25) is 0 Å². The summed E-state index contributed by atoms with van der Waals surface area (Å²) in [4.78, 5) is 4.60. The van der Waals surface area contributed by atoms with Gasteiger partial charge in [0.1, 0.15) is 0 Å². The Labute approximate surface area is 162 Å². The molecule has 1 aromatic rings. The average molecular weight is 356 g/mol. The SMILES string of the molecule is CCC.CCCCCN1B(C)N(N)C2N(B1C)c1ccccc1C2(C)C. The first-order valence-electron chi connectivity index (χ1n) is 10.5. The molecule has 0 radical (unpaired) electrons. The van der Waals surface area contributed by atoms with Crippen molar-refractivity contribution in [2.75, 3.05) is 11.4 Å². The smallest absolute Gasteiger partial charge is 0.330 e. The van der Waals surface area contributed by atoms with Gasteiger partial charge in [0.05, 0.1) is 6.17 Å². The number of unbranched alkanes of at least 4 members (excludes halogenated alkanes) is 2. The molecule has 0 aliphatic carbocycles. The van der Waals surface area contributed by atoms with E-state index in [-0.39, 0.29) is 18.6 Å². The quantitative estimate of drug-likeness (QED) is 0.491. The third-order valence-electron chi connectivity index (χ3n) is 5.88. The number of rotatable bonds is 4. The van der Waals surface area contributed by atoms with Gasteiger partial charge in [0.15, 0.2) is 0 Å². The van der Waals surface area contributed by atoms with Gasteiger partial charge < -0.3 is 9.53 Å². The Bertz CT molecular complexity index is 581. The molecule has 2 aliphatic heterocycles. The number of nitrogens with zero attached hydrogens (tertiary/aromatic N) is 3. The van der Waals surface area contributed by atoms with E-state index >= 15 is 0 Å². The van der Waals surface area contributed by atoms with Gasteiger partial charge in [0.25, 0.3) is 0 Å². The van der Waals surface area contributed by atoms with E-state index < -0.39 is 0 Å². The second kappa shape index (κ2) is 8.81. The van der Waals surface area contributed by atoms with E-state index in [1.54, 1.807) is 0 Å². The average Bonchev–Trinajstić information content (AvgIpc) is 2.85. The molecule has 0 aromatic heterocycles. The van der Waals surface area contributed by atoms with Crippen LogP contribution in [0.15, 0.2) is 24.3 Å². The monoisotopic (exact) mass is 356 g/mol. The van der Waals surface area contributed by atoms with Crippen LogP contribution in [0.5, 0.6) is 0 Å². The maximum Gasteiger partial charge on any atom is 0.330 e. The first-order chi connectivity index (χ1) is 12.3. The van der Waals surface area contributed by atoms with Gasteiger partial charge in [-0.1, -0.05) is 85.7 Å². The minimum atomic E-state index is 0.0311. The number of fused-ring (bicyclic) bond motifs is 3. The van der Waals surface area contributed by atoms with Crippen molar-refractivity contribution in [2.24, 2.45) is 5.84 Å². The van der Waals surface area contributed by atoms with Crippen LogP contribution in [0.3, 0.4) is 0 Å². The summed E-state index contributed by atoms with van der Waals surface area (Å²) in [5, 5.41) is 0. The van der Waals surface area contributed by atoms with Gasteiger partial charge in [-0.3, -0.25) is 5.84 Å². The van der Waals surface area contributed by atoms with Gasteiger partial charge in [-0.2, -0.15) is 0 Å². The lowest BCUT2D eigenvalue weighted by atomic mass is 9.56. The highest BCUT2D eigenvalue weighted by Crippen LogP contribution is 2.48. The highest BCUT2D eigenvalue weighted by molar-refractivity contribution is 6.74. The standard InChI is InChI=1S/C17H30B2N4.C3H8/c1-6-7-10-13-21-18(4)22-15-12-9-8-11-14(15)17(2,3)16(22)23(20)19(21)5;1-3-2/h8-9,11-12,16H,6-7,10,13,20H2,1-5H3;3H2,1-2H3. The van der Waals surface area contributed by atoms with Crippen molar-refractivity contribution in [3.05, 3.63) is 29.8 Å². The van der Waals surface area contributed by atoms with Gasteiger partial charge in [-0.25, -0.2) is 4.92 Å². The van der Waals surface area contributed by atoms with Gasteiger partial charge in [-0.15, -0.1) is 0 Å². The zero-order valence-corrected chi connectivity index (χ0v) is 18.0. The van der Waals surface area contributed by atoms with E-state index in [0.29, 0.717) is 6.98 Å². The Kier molecular flexibility index (Phi) is 7.23. The molecule has 4 nitrogen and oxygen atoms in total. The van der Waals surface area contributed by atoms with Crippen LogP contribution in [0, 0.1) is 0 Å². The number of hydrogen-bond donors (Lipinski definition) is 1. The number of hydrogen-bond acceptors (Lipinski definition) is 4. The third-order valence-corrected chi connectivity index (χ3v) is 5.88. The molecule has 1 atom stereocenters. The summed E-state index contributed by atoms with van der Waals surface area (Å²) in [7, 11) is 0. The maximum atomic E-state index is 6.63. The van der Waals surface area contributed by atoms with E-state index in [1.807, 2.05) is 0 Å². The summed E-state index contributed by atoms with van der Waals surface area (Å²) < 4.78 is 2.55. The van der Waals surface area contributed by atoms with Crippen molar-refractivity contribution in [1.29, 1.82) is 0 Å². The van der Waals surface area contributed by atoms with Crippen LogP contribution in [0.25, 0.3) is 0 Å². The van der Waals surface area contributed by atoms with Crippen molar-refractivity contribution in [2.45, 2.75) is 85.5 Å². The molecule has 0 spiro atoms. The molecule has 2 aliphatic rings. The number of para-hydroxylation sites is 1. The minimum absolute atomic E-state index is 0.0311. The van der Waals surface area contributed by atoms with Gasteiger partial charge in [-0.05, 0) is 24.6 Å². The number of benzene rings is 1. The van der Waals surface area contributed by atoms with Crippen LogP contribution in [0.4, 0.5) is 5.69 Å². The third kappa shape index (κ3) is 3.69. The Morgan fingerprint density at radius 3 is 2.27 bits per heavy atom. The number of anilines is 1. The first kappa shape index (κ1) is 21.3. The predicted octanol–water partition coefficient (Wildman–Crippen LogP) is 4.44. The highest BCUT2D eigenvalue weighted by atomic mass is 15.5. The summed E-state index contributed by atoms with van der Waals surface area (Å²) in [6, 6.07) is 8.80. The molecule has 1 saturated heterocycles. The Hall–Kier alpha value is -0.970. The van der Waals surface area contributed by atoms with E-state index in [4.69, 9.17) is 5.84 Å². The molecule has 26 heavy (non-hydrogen) atoms. The fourth-order valence-electron chi connectivity index (χ4n) is 4.55. The normalized spacial score (nSPS) is 22.0. The fourth-order valence-corrected chi connectivity index (χ4v) is 4.55. The summed E-state index contributed by atoms with van der Waals surface area (Å²) >= 11 is 0. The van der Waals surface area contributed by atoms with Crippen molar-refractivity contribution in [3.8, 4) is 0 Å². The topological polar surface area (TPSA) is 35.7 Å². The summed E-state index contributed by atoms with van der Waals surface area (Å²) in [5.74, 6) is 6.63. The predicted molar refractivity (Wildman–Crippen MR) is 117 cm³/mol. The molecule has 1 fully saturated rings. The molecule has 0 amide bonds. The molecule has 3 rings (SSSR count). The van der Waals surface area contributed by atoms with Crippen molar-refractivity contribution < 1.29 is 0 Å². The molecule has 6 heteroatoms. The maximum absolute atomic E-state index is 6.63. The Morgan fingerprint density at radius 2 is 1.65 bits per heavy atom. The van der Waals surface area contributed by atoms with Crippen LogP contribution < -0.4 is 10.7 Å². The fraction of sp³-hybridized carbons (Fsp3) is 0.700. The largest absolute Gasteiger partial charge is 0.386 e. The lowest BCUT2D eigenvalue weighted by molar-refractivity contribution is 0.224. The molecule has 144 valence electrons. The van der Waals surface area contributed by atoms with Crippen molar-refractivity contribution >= 4 is 19.7 Å². The van der Waals surface area contributed by atoms with Crippen LogP contribution in [0.2, 0.25) is 13.6 Å². The van der Waals surface area contributed by atoms with Crippen LogP contribution in [-0.2, 0) is 5.41 Å². The van der Waals surface area contributed by atoms with Crippen molar-refractivity contribution in [3.63, 3.8) is 0 Å².